The largest absolute Gasteiger partial charge is 0.335 e. The highest BCUT2D eigenvalue weighted by atomic mass is 32.4. The molecule has 1 heterocycles. The van der Waals surface area contributed by atoms with Gasteiger partial charge >= 0.3 is 0 Å². The molecule has 0 saturated carbocycles. The van der Waals surface area contributed by atoms with E-state index in [0.29, 0.717) is 0 Å². The van der Waals surface area contributed by atoms with Gasteiger partial charge in [0.05, 0.1) is 0 Å². The molecule has 124 valence electrons. The van der Waals surface area contributed by atoms with Crippen LogP contribution in [0.5, 0.6) is 0 Å². The molecule has 0 spiro atoms. The van der Waals surface area contributed by atoms with Gasteiger partial charge in [-0.2, -0.15) is 0 Å². The van der Waals surface area contributed by atoms with Crippen molar-refractivity contribution in [2.75, 3.05) is 5.09 Å². The Morgan fingerprint density at radius 3 is 1.68 bits per heavy atom. The zero-order chi connectivity index (χ0) is 17.0. The average Bonchev–Trinajstić information content (AvgIpc) is 2.23. The first kappa shape index (κ1) is 18.1. The second-order valence-electron chi connectivity index (χ2n) is 8.48. The van der Waals surface area contributed by atoms with Gasteiger partial charge in [0, 0.05) is 16.8 Å². The Morgan fingerprint density at radius 1 is 0.909 bits per heavy atom. The fourth-order valence-electron chi connectivity index (χ4n) is 4.04. The van der Waals surface area contributed by atoms with Crippen LogP contribution in [0.4, 0.5) is 5.69 Å². The minimum Gasteiger partial charge on any atom is -0.335 e. The molecule has 6 heteroatoms. The van der Waals surface area contributed by atoms with Crippen molar-refractivity contribution in [3.8, 4) is 0 Å². The molecule has 1 fully saturated rings. The molecular formula is C16H30N3PSSi. The monoisotopic (exact) mass is 355 g/mol. The molecule has 1 aromatic rings. The van der Waals surface area contributed by atoms with Crippen LogP contribution in [0.25, 0.3) is 0 Å². The molecule has 1 aliphatic rings. The molecule has 1 aromatic carbocycles. The topological polar surface area (TPSA) is 18.5 Å². The molecule has 22 heavy (non-hydrogen) atoms. The van der Waals surface area contributed by atoms with Crippen LogP contribution >= 0.6 is 6.49 Å². The standard InChI is InChI=1S/C16H30N3PSSi/c1-15(2,3)18-20(21,17-14-12-10-9-11-13-14)19(16(4,5)6)22(18,7)8/h9-13H,1-8H3,(H,17,21). The van der Waals surface area contributed by atoms with Gasteiger partial charge in [-0.3, -0.25) is 8.67 Å². The second-order valence-corrected chi connectivity index (χ2v) is 16.8. The number of anilines is 1. The molecule has 0 aromatic heterocycles. The summed E-state index contributed by atoms with van der Waals surface area (Å²) in [6.45, 7) is 16.6. The normalized spacial score (nSPS) is 22.2. The summed E-state index contributed by atoms with van der Waals surface area (Å²) in [5.74, 6) is 0. The van der Waals surface area contributed by atoms with Gasteiger partial charge in [-0.1, -0.05) is 18.2 Å². The van der Waals surface area contributed by atoms with Crippen molar-refractivity contribution >= 4 is 32.4 Å². The summed E-state index contributed by atoms with van der Waals surface area (Å²) in [6.07, 6.45) is 0. The van der Waals surface area contributed by atoms with E-state index in [0.717, 1.165) is 5.69 Å². The van der Waals surface area contributed by atoms with Crippen molar-refractivity contribution < 1.29 is 0 Å². The molecule has 3 nitrogen and oxygen atoms in total. The van der Waals surface area contributed by atoms with Crippen LogP contribution in [0.2, 0.25) is 13.1 Å². The first-order valence-corrected chi connectivity index (χ1v) is 13.5. The van der Waals surface area contributed by atoms with E-state index in [-0.39, 0.29) is 11.1 Å². The number of para-hydroxylation sites is 1. The minimum atomic E-state index is -1.99. The highest BCUT2D eigenvalue weighted by molar-refractivity contribution is 8.15. The van der Waals surface area contributed by atoms with Gasteiger partial charge < -0.3 is 5.09 Å². The number of hydrogen-bond donors (Lipinski definition) is 1. The summed E-state index contributed by atoms with van der Waals surface area (Å²) in [5, 5.41) is 3.74. The Balaban J connectivity index is 2.49. The third kappa shape index (κ3) is 2.94. The van der Waals surface area contributed by atoms with E-state index >= 15 is 0 Å². The maximum atomic E-state index is 6.29. The Labute approximate surface area is 142 Å². The van der Waals surface area contributed by atoms with Crippen LogP contribution in [0, 0.1) is 0 Å². The first-order chi connectivity index (χ1) is 9.81. The number of nitrogens with zero attached hydrogens (tertiary/aromatic N) is 2. The Bertz CT molecular complexity index is 562. The molecule has 0 atom stereocenters. The van der Waals surface area contributed by atoms with Gasteiger partial charge in [-0.05, 0) is 78.6 Å². The third-order valence-electron chi connectivity index (χ3n) is 3.90. The SMILES string of the molecule is CC(C)(C)N1[Si](C)(C)N(C(C)(C)C)P1(=S)Nc1ccccc1. The molecule has 1 saturated heterocycles. The predicted molar refractivity (Wildman–Crippen MR) is 105 cm³/mol. The maximum absolute atomic E-state index is 6.29. The summed E-state index contributed by atoms with van der Waals surface area (Å²) < 4.78 is 5.28. The minimum absolute atomic E-state index is 0.0782. The van der Waals surface area contributed by atoms with E-state index < -0.39 is 14.9 Å². The maximum Gasteiger partial charge on any atom is 0.214 e. The summed E-state index contributed by atoms with van der Waals surface area (Å²) in [7, 11) is -1.72. The molecule has 0 amide bonds. The Kier molecular flexibility index (Phi) is 4.47. The molecule has 0 bridgehead atoms. The van der Waals surface area contributed by atoms with Crippen LogP contribution in [-0.2, 0) is 11.8 Å². The third-order valence-corrected chi connectivity index (χ3v) is 16.9. The fraction of sp³-hybridized carbons (Fsp3) is 0.625. The summed E-state index contributed by atoms with van der Waals surface area (Å²) in [4.78, 5) is 0. The van der Waals surface area contributed by atoms with Gasteiger partial charge in [-0.15, -0.1) is 0 Å². The molecule has 2 rings (SSSR count). The highest BCUT2D eigenvalue weighted by Crippen LogP contribution is 2.71. The Morgan fingerprint density at radius 2 is 1.32 bits per heavy atom. The molecule has 1 aliphatic heterocycles. The van der Waals surface area contributed by atoms with Crippen molar-refractivity contribution in [2.24, 2.45) is 0 Å². The van der Waals surface area contributed by atoms with Gasteiger partial charge in [0.1, 0.15) is 0 Å². The Hall–Kier alpha value is -0.193. The van der Waals surface area contributed by atoms with E-state index in [9.17, 15) is 0 Å². The van der Waals surface area contributed by atoms with Crippen molar-refractivity contribution in [2.45, 2.75) is 65.7 Å². The molecule has 0 unspecified atom stereocenters. The quantitative estimate of drug-likeness (QED) is 0.577. The molecular weight excluding hydrogens is 325 g/mol. The molecule has 1 N–H and O–H groups in total. The summed E-state index contributed by atoms with van der Waals surface area (Å²) in [6, 6.07) is 10.4. The summed E-state index contributed by atoms with van der Waals surface area (Å²) >= 11 is 6.29. The average molecular weight is 356 g/mol. The first-order valence-electron chi connectivity index (χ1n) is 7.86. The van der Waals surface area contributed by atoms with Gasteiger partial charge in [0.25, 0.3) is 0 Å². The van der Waals surface area contributed by atoms with Gasteiger partial charge in [0.2, 0.25) is 8.40 Å². The van der Waals surface area contributed by atoms with Crippen LogP contribution in [0.3, 0.4) is 0 Å². The lowest BCUT2D eigenvalue weighted by Crippen LogP contribution is -2.79. The lowest BCUT2D eigenvalue weighted by molar-refractivity contribution is 0.239. The smallest absolute Gasteiger partial charge is 0.214 e. The van der Waals surface area contributed by atoms with Crippen LogP contribution in [0.15, 0.2) is 30.3 Å². The zero-order valence-corrected chi connectivity index (χ0v) is 17.8. The lowest BCUT2D eigenvalue weighted by Gasteiger charge is -2.71. The van der Waals surface area contributed by atoms with Crippen molar-refractivity contribution in [3.63, 3.8) is 0 Å². The number of rotatable bonds is 2. The number of benzene rings is 1. The molecule has 0 aliphatic carbocycles. The molecule has 0 radical (unpaired) electrons. The zero-order valence-electron chi connectivity index (χ0n) is 15.1. The van der Waals surface area contributed by atoms with E-state index in [2.05, 4.69) is 92.7 Å². The number of hydrogen-bond acceptors (Lipinski definition) is 1. The fourth-order valence-corrected chi connectivity index (χ4v) is 21.5. The van der Waals surface area contributed by atoms with Crippen molar-refractivity contribution in [1.29, 1.82) is 0 Å². The van der Waals surface area contributed by atoms with E-state index in [1.807, 2.05) is 6.07 Å². The van der Waals surface area contributed by atoms with Crippen LogP contribution in [0.1, 0.15) is 41.5 Å². The van der Waals surface area contributed by atoms with Crippen molar-refractivity contribution in [1.82, 2.24) is 8.67 Å². The van der Waals surface area contributed by atoms with E-state index in [4.69, 9.17) is 11.8 Å². The second kappa shape index (κ2) is 5.42. The van der Waals surface area contributed by atoms with E-state index in [1.165, 1.54) is 0 Å². The predicted octanol–water partition coefficient (Wildman–Crippen LogP) is 5.24. The lowest BCUT2D eigenvalue weighted by atomic mass is 10.1. The van der Waals surface area contributed by atoms with Gasteiger partial charge in [-0.25, -0.2) is 0 Å². The van der Waals surface area contributed by atoms with Crippen LogP contribution in [-0.4, -0.2) is 28.1 Å². The highest BCUT2D eigenvalue weighted by Gasteiger charge is 2.65. The van der Waals surface area contributed by atoms with E-state index in [1.54, 1.807) is 0 Å². The summed E-state index contributed by atoms with van der Waals surface area (Å²) in [5.41, 5.74) is 1.28. The van der Waals surface area contributed by atoms with Crippen LogP contribution < -0.4 is 5.09 Å². The van der Waals surface area contributed by atoms with Gasteiger partial charge in [0.15, 0.2) is 6.49 Å². The van der Waals surface area contributed by atoms with Crippen molar-refractivity contribution in [3.05, 3.63) is 30.3 Å². The number of nitrogens with one attached hydrogen (secondary N) is 1.